The quantitative estimate of drug-likeness (QED) is 0.439. The molecule has 3 atom stereocenters. The fourth-order valence-electron chi connectivity index (χ4n) is 3.59. The van der Waals surface area contributed by atoms with E-state index in [-0.39, 0.29) is 12.2 Å². The molecule has 0 bridgehead atoms. The van der Waals surface area contributed by atoms with Crippen LogP contribution in [0.1, 0.15) is 61.2 Å². The van der Waals surface area contributed by atoms with Crippen molar-refractivity contribution in [1.82, 2.24) is 0 Å². The van der Waals surface area contributed by atoms with Gasteiger partial charge in [0.05, 0.1) is 17.7 Å². The van der Waals surface area contributed by atoms with Crippen molar-refractivity contribution in [2.45, 2.75) is 52.1 Å². The summed E-state index contributed by atoms with van der Waals surface area (Å²) < 4.78 is 21.9. The van der Waals surface area contributed by atoms with Gasteiger partial charge in [0.1, 0.15) is 11.9 Å². The molecule has 3 unspecified atom stereocenters. The molecule has 1 aliphatic heterocycles. The first-order chi connectivity index (χ1) is 15.3. The van der Waals surface area contributed by atoms with Crippen LogP contribution in [0.2, 0.25) is 5.02 Å². The van der Waals surface area contributed by atoms with Crippen molar-refractivity contribution in [1.29, 1.82) is 0 Å². The third-order valence-electron chi connectivity index (χ3n) is 4.91. The number of carbonyl (C=O) groups excluding carboxylic acids is 3. The molecule has 1 aliphatic rings. The maximum atomic E-state index is 13.1. The van der Waals surface area contributed by atoms with Gasteiger partial charge in [-0.1, -0.05) is 17.7 Å². The molecule has 3 rings (SSSR count). The lowest BCUT2D eigenvalue weighted by Crippen LogP contribution is -2.36. The summed E-state index contributed by atoms with van der Waals surface area (Å²) in [4.78, 5) is 36.0. The molecule has 0 spiro atoms. The van der Waals surface area contributed by atoms with E-state index in [2.05, 4.69) is 0 Å². The molecule has 2 aromatic carbocycles. The molecule has 0 aliphatic carbocycles. The van der Waals surface area contributed by atoms with Crippen molar-refractivity contribution in [3.8, 4) is 5.75 Å². The number of ether oxygens (including phenoxy) is 4. The predicted molar refractivity (Wildman–Crippen MR) is 117 cm³/mol. The molecule has 1 fully saturated rings. The zero-order chi connectivity index (χ0) is 23.3. The Morgan fingerprint density at radius 1 is 1.00 bits per heavy atom. The van der Waals surface area contributed by atoms with Gasteiger partial charge < -0.3 is 18.9 Å². The second kappa shape index (κ2) is 10.6. The van der Waals surface area contributed by atoms with E-state index < -0.39 is 30.4 Å². The van der Waals surface area contributed by atoms with Crippen LogP contribution < -0.4 is 4.74 Å². The summed E-state index contributed by atoms with van der Waals surface area (Å²) in [6, 6.07) is 11.8. The second-order valence-corrected chi connectivity index (χ2v) is 7.80. The number of hydrogen-bond acceptors (Lipinski definition) is 7. The summed E-state index contributed by atoms with van der Waals surface area (Å²) in [7, 11) is 0. The van der Waals surface area contributed by atoms with Crippen LogP contribution in [0.5, 0.6) is 5.75 Å². The van der Waals surface area contributed by atoms with E-state index >= 15 is 0 Å². The number of rotatable bonds is 7. The van der Waals surface area contributed by atoms with Crippen molar-refractivity contribution in [3.63, 3.8) is 0 Å². The van der Waals surface area contributed by atoms with Crippen LogP contribution in [0.4, 0.5) is 0 Å². The molecule has 1 saturated heterocycles. The summed E-state index contributed by atoms with van der Waals surface area (Å²) in [5.41, 5.74) is 1.45. The minimum absolute atomic E-state index is 0.237. The third kappa shape index (κ3) is 6.08. The average Bonchev–Trinajstić information content (AvgIpc) is 2.73. The maximum Gasteiger partial charge on any atom is 0.304 e. The first kappa shape index (κ1) is 23.8. The van der Waals surface area contributed by atoms with E-state index in [1.807, 2.05) is 6.92 Å². The van der Waals surface area contributed by atoms with Crippen molar-refractivity contribution in [3.05, 3.63) is 64.2 Å². The zero-order valence-corrected chi connectivity index (χ0v) is 18.9. The van der Waals surface area contributed by atoms with Gasteiger partial charge in [-0.3, -0.25) is 14.4 Å². The number of carbonyl (C=O) groups is 3. The topological polar surface area (TPSA) is 88.1 Å². The fraction of sp³-hybridized carbons (Fsp3) is 0.375. The molecule has 0 N–H and O–H groups in total. The summed E-state index contributed by atoms with van der Waals surface area (Å²) in [6.45, 7) is 5.02. The first-order valence-corrected chi connectivity index (χ1v) is 10.7. The Kier molecular flexibility index (Phi) is 7.88. The Hall–Kier alpha value is -2.90. The highest BCUT2D eigenvalue weighted by Crippen LogP contribution is 2.35. The normalized spacial score (nSPS) is 20.3. The zero-order valence-electron chi connectivity index (χ0n) is 18.1. The lowest BCUT2D eigenvalue weighted by Gasteiger charge is -2.34. The monoisotopic (exact) mass is 460 g/mol. The maximum absolute atomic E-state index is 13.1. The highest BCUT2D eigenvalue weighted by Gasteiger charge is 2.34. The van der Waals surface area contributed by atoms with Gasteiger partial charge in [-0.15, -0.1) is 0 Å². The van der Waals surface area contributed by atoms with Gasteiger partial charge in [-0.05, 0) is 48.9 Å². The fourth-order valence-corrected chi connectivity index (χ4v) is 3.80. The van der Waals surface area contributed by atoms with Gasteiger partial charge in [0.25, 0.3) is 0 Å². The molecule has 2 aromatic rings. The van der Waals surface area contributed by atoms with Crippen molar-refractivity contribution in [2.75, 3.05) is 6.61 Å². The molecule has 1 heterocycles. The highest BCUT2D eigenvalue weighted by molar-refractivity contribution is 6.35. The van der Waals surface area contributed by atoms with E-state index in [4.69, 9.17) is 30.5 Å². The summed E-state index contributed by atoms with van der Waals surface area (Å²) >= 11 is 6.33. The Morgan fingerprint density at radius 2 is 1.69 bits per heavy atom. The molecule has 0 saturated carbocycles. The third-order valence-corrected chi connectivity index (χ3v) is 5.24. The smallest absolute Gasteiger partial charge is 0.304 e. The number of hydrogen-bond donors (Lipinski definition) is 0. The van der Waals surface area contributed by atoms with Gasteiger partial charge >= 0.3 is 11.9 Å². The molecule has 0 radical (unpaired) electrons. The Morgan fingerprint density at radius 3 is 2.31 bits per heavy atom. The van der Waals surface area contributed by atoms with E-state index in [0.29, 0.717) is 40.5 Å². The van der Waals surface area contributed by atoms with E-state index in [1.165, 1.54) is 13.8 Å². The van der Waals surface area contributed by atoms with Gasteiger partial charge in [0, 0.05) is 37.8 Å². The van der Waals surface area contributed by atoms with Crippen LogP contribution in [-0.4, -0.2) is 36.7 Å². The lowest BCUT2D eigenvalue weighted by atomic mass is 9.95. The highest BCUT2D eigenvalue weighted by atomic mass is 35.5. The summed E-state index contributed by atoms with van der Waals surface area (Å²) in [5.74, 6) is -0.504. The Labute approximate surface area is 191 Å². The average molecular weight is 461 g/mol. The Bertz CT molecular complexity index is 962. The summed E-state index contributed by atoms with van der Waals surface area (Å²) in [5, 5.41) is 0.302. The van der Waals surface area contributed by atoms with Crippen LogP contribution in [0.3, 0.4) is 0 Å². The lowest BCUT2D eigenvalue weighted by molar-refractivity contribution is -0.220. The van der Waals surface area contributed by atoms with Crippen LogP contribution in [0.15, 0.2) is 42.5 Å². The largest absolute Gasteiger partial charge is 0.494 e. The number of ketones is 1. The van der Waals surface area contributed by atoms with Crippen LogP contribution in [-0.2, 0) is 23.8 Å². The number of benzene rings is 2. The molecule has 7 nitrogen and oxygen atoms in total. The molecular formula is C24H25ClO7. The standard InChI is InChI=1S/C24H25ClO7/c1-4-29-18-8-5-16(6-9-18)24(28)20-11-17(7-10-21(20)25)22-12-19(30-14(2)26)13-23(32-22)31-15(3)27/h5-11,19,22-23H,4,12-13H2,1-3H3. The van der Waals surface area contributed by atoms with Gasteiger partial charge in [0.2, 0.25) is 6.29 Å². The molecule has 170 valence electrons. The van der Waals surface area contributed by atoms with Crippen LogP contribution in [0.25, 0.3) is 0 Å². The minimum atomic E-state index is -0.864. The van der Waals surface area contributed by atoms with Gasteiger partial charge in [-0.2, -0.15) is 0 Å². The van der Waals surface area contributed by atoms with Crippen molar-refractivity contribution < 1.29 is 33.3 Å². The minimum Gasteiger partial charge on any atom is -0.494 e. The molecule has 0 aromatic heterocycles. The summed E-state index contributed by atoms with van der Waals surface area (Å²) in [6.07, 6.45) is -1.31. The molecule has 8 heteroatoms. The molecule has 0 amide bonds. The van der Waals surface area contributed by atoms with E-state index in [9.17, 15) is 14.4 Å². The van der Waals surface area contributed by atoms with Crippen molar-refractivity contribution >= 4 is 29.3 Å². The van der Waals surface area contributed by atoms with Crippen LogP contribution >= 0.6 is 11.6 Å². The van der Waals surface area contributed by atoms with Crippen molar-refractivity contribution in [2.24, 2.45) is 0 Å². The van der Waals surface area contributed by atoms with E-state index in [1.54, 1.807) is 42.5 Å². The van der Waals surface area contributed by atoms with Crippen LogP contribution in [0, 0.1) is 0 Å². The van der Waals surface area contributed by atoms with Gasteiger partial charge in [-0.25, -0.2) is 0 Å². The van der Waals surface area contributed by atoms with E-state index in [0.717, 1.165) is 0 Å². The molecule has 32 heavy (non-hydrogen) atoms. The number of esters is 2. The number of halogens is 1. The van der Waals surface area contributed by atoms with Gasteiger partial charge in [0.15, 0.2) is 5.78 Å². The second-order valence-electron chi connectivity index (χ2n) is 7.39. The first-order valence-electron chi connectivity index (χ1n) is 10.3. The SMILES string of the molecule is CCOc1ccc(C(=O)c2cc(C3CC(OC(C)=O)CC(OC(C)=O)O3)ccc2Cl)cc1. The molecular weight excluding hydrogens is 436 g/mol. The Balaban J connectivity index is 1.86. The predicted octanol–water partition coefficient (Wildman–Crippen LogP) is 4.64.